The van der Waals surface area contributed by atoms with Gasteiger partial charge < -0.3 is 10.1 Å². The first-order valence-corrected chi connectivity index (χ1v) is 6.91. The van der Waals surface area contributed by atoms with Gasteiger partial charge in [-0.25, -0.2) is 4.98 Å². The number of piperidine rings is 1. The predicted molar refractivity (Wildman–Crippen MR) is 76.7 cm³/mol. The van der Waals surface area contributed by atoms with Gasteiger partial charge in [-0.05, 0) is 31.5 Å². The second-order valence-electron chi connectivity index (χ2n) is 4.91. The molecule has 0 radical (unpaired) electrons. The standard InChI is InChI=1S/C15H18N4O/c1-20-15-18-10-12(13-6-2-3-8-17-13)14(19-15)11-5-4-7-16-9-11/h2-3,6,8,10-11,16H,4-5,7,9H2,1H3. The fourth-order valence-electron chi connectivity index (χ4n) is 2.59. The fraction of sp³-hybridized carbons (Fsp3) is 0.400. The number of methoxy groups -OCH3 is 1. The summed E-state index contributed by atoms with van der Waals surface area (Å²) in [5.41, 5.74) is 2.94. The van der Waals surface area contributed by atoms with Crippen LogP contribution >= 0.6 is 0 Å². The van der Waals surface area contributed by atoms with E-state index < -0.39 is 0 Å². The van der Waals surface area contributed by atoms with Crippen LogP contribution in [0, 0.1) is 0 Å². The molecule has 5 nitrogen and oxygen atoms in total. The Kier molecular flexibility index (Phi) is 3.87. The molecule has 0 amide bonds. The zero-order valence-electron chi connectivity index (χ0n) is 11.5. The van der Waals surface area contributed by atoms with Gasteiger partial charge >= 0.3 is 6.01 Å². The predicted octanol–water partition coefficient (Wildman–Crippen LogP) is 2.01. The molecule has 2 aromatic heterocycles. The van der Waals surface area contributed by atoms with Gasteiger partial charge in [-0.15, -0.1) is 0 Å². The van der Waals surface area contributed by atoms with E-state index in [1.54, 1.807) is 13.3 Å². The first kappa shape index (κ1) is 13.0. The van der Waals surface area contributed by atoms with Crippen LogP contribution in [-0.4, -0.2) is 35.2 Å². The van der Waals surface area contributed by atoms with Crippen LogP contribution in [0.15, 0.2) is 30.6 Å². The van der Waals surface area contributed by atoms with Gasteiger partial charge in [-0.3, -0.25) is 4.98 Å². The third-order valence-corrected chi connectivity index (χ3v) is 3.60. The number of nitrogens with one attached hydrogen (secondary N) is 1. The number of nitrogens with zero attached hydrogens (tertiary/aromatic N) is 3. The smallest absolute Gasteiger partial charge is 0.316 e. The normalized spacial score (nSPS) is 18.8. The number of rotatable bonds is 3. The minimum absolute atomic E-state index is 0.387. The second-order valence-corrected chi connectivity index (χ2v) is 4.91. The Morgan fingerprint density at radius 2 is 2.25 bits per heavy atom. The highest BCUT2D eigenvalue weighted by Gasteiger charge is 2.22. The SMILES string of the molecule is COc1ncc(-c2ccccn2)c(C2CCCNC2)n1. The molecule has 1 atom stereocenters. The average Bonchev–Trinajstić information content (AvgIpc) is 2.56. The lowest BCUT2D eigenvalue weighted by molar-refractivity contribution is 0.373. The lowest BCUT2D eigenvalue weighted by atomic mass is 9.92. The van der Waals surface area contributed by atoms with Crippen LogP contribution in [0.5, 0.6) is 6.01 Å². The van der Waals surface area contributed by atoms with E-state index in [2.05, 4.69) is 20.3 Å². The molecular formula is C15H18N4O. The van der Waals surface area contributed by atoms with E-state index in [1.807, 2.05) is 24.4 Å². The molecule has 0 saturated carbocycles. The van der Waals surface area contributed by atoms with Gasteiger partial charge in [0.1, 0.15) is 0 Å². The highest BCUT2D eigenvalue weighted by atomic mass is 16.5. The largest absolute Gasteiger partial charge is 0.467 e. The van der Waals surface area contributed by atoms with Gasteiger partial charge in [-0.1, -0.05) is 6.07 Å². The monoisotopic (exact) mass is 270 g/mol. The molecule has 1 aliphatic rings. The Labute approximate surface area is 118 Å². The van der Waals surface area contributed by atoms with Crippen LogP contribution < -0.4 is 10.1 Å². The number of ether oxygens (including phenoxy) is 1. The molecule has 5 heteroatoms. The van der Waals surface area contributed by atoms with Crippen LogP contribution in [0.1, 0.15) is 24.5 Å². The summed E-state index contributed by atoms with van der Waals surface area (Å²) in [7, 11) is 1.60. The maximum atomic E-state index is 5.17. The van der Waals surface area contributed by atoms with Crippen LogP contribution in [0.25, 0.3) is 11.3 Å². The minimum Gasteiger partial charge on any atom is -0.467 e. The third kappa shape index (κ3) is 2.63. The average molecular weight is 270 g/mol. The van der Waals surface area contributed by atoms with E-state index in [1.165, 1.54) is 6.42 Å². The number of pyridine rings is 1. The van der Waals surface area contributed by atoms with Crippen molar-refractivity contribution < 1.29 is 4.74 Å². The molecule has 0 aromatic carbocycles. The lowest BCUT2D eigenvalue weighted by Crippen LogP contribution is -2.29. The van der Waals surface area contributed by atoms with E-state index in [0.717, 1.165) is 36.5 Å². The Balaban J connectivity index is 2.04. The molecular weight excluding hydrogens is 252 g/mol. The molecule has 1 aliphatic heterocycles. The summed E-state index contributed by atoms with van der Waals surface area (Å²) in [4.78, 5) is 13.2. The maximum absolute atomic E-state index is 5.17. The van der Waals surface area contributed by atoms with Crippen molar-refractivity contribution in [3.8, 4) is 17.3 Å². The lowest BCUT2D eigenvalue weighted by Gasteiger charge is -2.24. The maximum Gasteiger partial charge on any atom is 0.316 e. The molecule has 1 N–H and O–H groups in total. The van der Waals surface area contributed by atoms with Gasteiger partial charge in [0.2, 0.25) is 0 Å². The first-order chi connectivity index (χ1) is 9.88. The van der Waals surface area contributed by atoms with E-state index in [9.17, 15) is 0 Å². The van der Waals surface area contributed by atoms with Crippen LogP contribution in [-0.2, 0) is 0 Å². The van der Waals surface area contributed by atoms with Crippen LogP contribution in [0.3, 0.4) is 0 Å². The Morgan fingerprint density at radius 1 is 1.30 bits per heavy atom. The summed E-state index contributed by atoms with van der Waals surface area (Å²) < 4.78 is 5.17. The number of aromatic nitrogens is 3. The molecule has 1 saturated heterocycles. The first-order valence-electron chi connectivity index (χ1n) is 6.91. The van der Waals surface area contributed by atoms with Crippen molar-refractivity contribution in [2.45, 2.75) is 18.8 Å². The van der Waals surface area contributed by atoms with Crippen LogP contribution in [0.4, 0.5) is 0 Å². The van der Waals surface area contributed by atoms with E-state index in [0.29, 0.717) is 11.9 Å². The summed E-state index contributed by atoms with van der Waals surface area (Å²) in [6.45, 7) is 2.03. The van der Waals surface area contributed by atoms with Crippen molar-refractivity contribution in [2.75, 3.05) is 20.2 Å². The highest BCUT2D eigenvalue weighted by Crippen LogP contribution is 2.30. The fourth-order valence-corrected chi connectivity index (χ4v) is 2.59. The van der Waals surface area contributed by atoms with E-state index in [4.69, 9.17) is 4.74 Å². The van der Waals surface area contributed by atoms with Gasteiger partial charge in [0, 0.05) is 30.4 Å². The molecule has 1 fully saturated rings. The zero-order chi connectivity index (χ0) is 13.8. The minimum atomic E-state index is 0.387. The van der Waals surface area contributed by atoms with Crippen molar-refractivity contribution in [3.05, 3.63) is 36.3 Å². The summed E-state index contributed by atoms with van der Waals surface area (Å²) in [6.07, 6.45) is 5.91. The molecule has 3 heterocycles. The number of hydrogen-bond acceptors (Lipinski definition) is 5. The zero-order valence-corrected chi connectivity index (χ0v) is 11.5. The van der Waals surface area contributed by atoms with E-state index >= 15 is 0 Å². The highest BCUT2D eigenvalue weighted by molar-refractivity contribution is 5.61. The Hall–Kier alpha value is -2.01. The van der Waals surface area contributed by atoms with E-state index in [-0.39, 0.29) is 0 Å². The van der Waals surface area contributed by atoms with Crippen molar-refractivity contribution in [3.63, 3.8) is 0 Å². The molecule has 3 rings (SSSR count). The van der Waals surface area contributed by atoms with Crippen LogP contribution in [0.2, 0.25) is 0 Å². The Morgan fingerprint density at radius 3 is 2.95 bits per heavy atom. The second kappa shape index (κ2) is 5.96. The van der Waals surface area contributed by atoms with Crippen molar-refractivity contribution in [1.82, 2.24) is 20.3 Å². The molecule has 104 valence electrons. The molecule has 2 aromatic rings. The van der Waals surface area contributed by atoms with Gasteiger partial charge in [0.15, 0.2) is 0 Å². The third-order valence-electron chi connectivity index (χ3n) is 3.60. The quantitative estimate of drug-likeness (QED) is 0.924. The number of hydrogen-bond donors (Lipinski definition) is 1. The summed E-state index contributed by atoms with van der Waals surface area (Å²) in [5, 5.41) is 3.43. The van der Waals surface area contributed by atoms with Gasteiger partial charge in [0.05, 0.1) is 18.5 Å². The van der Waals surface area contributed by atoms with Crippen molar-refractivity contribution in [1.29, 1.82) is 0 Å². The molecule has 0 spiro atoms. The topological polar surface area (TPSA) is 59.9 Å². The van der Waals surface area contributed by atoms with Crippen molar-refractivity contribution >= 4 is 0 Å². The van der Waals surface area contributed by atoms with Crippen molar-refractivity contribution in [2.24, 2.45) is 0 Å². The summed E-state index contributed by atoms with van der Waals surface area (Å²) in [6, 6.07) is 6.31. The molecule has 0 bridgehead atoms. The van der Waals surface area contributed by atoms with Gasteiger partial charge in [-0.2, -0.15) is 4.98 Å². The Bertz CT molecular complexity index is 567. The summed E-state index contributed by atoms with van der Waals surface area (Å²) >= 11 is 0. The molecule has 1 unspecified atom stereocenters. The molecule has 0 aliphatic carbocycles. The molecule has 20 heavy (non-hydrogen) atoms. The van der Waals surface area contributed by atoms with Gasteiger partial charge in [0.25, 0.3) is 0 Å². The summed E-state index contributed by atoms with van der Waals surface area (Å²) in [5.74, 6) is 0.387.